The summed E-state index contributed by atoms with van der Waals surface area (Å²) in [6, 6.07) is 22.2. The van der Waals surface area contributed by atoms with Crippen molar-refractivity contribution in [3.8, 4) is 5.75 Å². The number of nitrogens with two attached hydrogens (primary N) is 1. The average molecular weight is 506 g/mol. The zero-order chi connectivity index (χ0) is 25.5. The van der Waals surface area contributed by atoms with Crippen LogP contribution < -0.4 is 20.5 Å². The predicted octanol–water partition coefficient (Wildman–Crippen LogP) is 3.12. The van der Waals surface area contributed by atoms with E-state index >= 15 is 0 Å². The molecule has 0 unspecified atom stereocenters. The van der Waals surface area contributed by atoms with Crippen molar-refractivity contribution in [2.75, 3.05) is 5.32 Å². The average Bonchev–Trinajstić information content (AvgIpc) is 3.34. The number of anilines is 1. The van der Waals surface area contributed by atoms with Crippen LogP contribution in [0.3, 0.4) is 0 Å². The first kappa shape index (κ1) is 25.1. The Morgan fingerprint density at radius 1 is 1.03 bits per heavy atom. The lowest BCUT2D eigenvalue weighted by Crippen LogP contribution is -2.38. The van der Waals surface area contributed by atoms with Gasteiger partial charge in [0, 0.05) is 31.7 Å². The number of aromatic nitrogens is 2. The normalized spacial score (nSPS) is 12.2. The summed E-state index contributed by atoms with van der Waals surface area (Å²) < 4.78 is 35.8. The van der Waals surface area contributed by atoms with Gasteiger partial charge in [-0.05, 0) is 41.0 Å². The number of hydrogen-bond donors (Lipinski definition) is 3. The summed E-state index contributed by atoms with van der Waals surface area (Å²) in [4.78, 5) is 17.2. The SMILES string of the molecule is Cn1ccnc1S(=O)(=O)N[C@@H](C(=O)Nc1cccc(CN)c1)c1ccc(OCc2ccccc2)cc1. The van der Waals surface area contributed by atoms with E-state index in [-0.39, 0.29) is 5.16 Å². The van der Waals surface area contributed by atoms with Crippen molar-refractivity contribution < 1.29 is 17.9 Å². The maximum Gasteiger partial charge on any atom is 0.275 e. The van der Waals surface area contributed by atoms with Crippen LogP contribution in [0.15, 0.2) is 96.4 Å². The number of rotatable bonds is 10. The van der Waals surface area contributed by atoms with Crippen molar-refractivity contribution >= 4 is 21.6 Å². The monoisotopic (exact) mass is 505 g/mol. The van der Waals surface area contributed by atoms with Gasteiger partial charge in [0.15, 0.2) is 0 Å². The molecule has 4 aromatic rings. The second kappa shape index (κ2) is 11.2. The first-order chi connectivity index (χ1) is 17.4. The lowest BCUT2D eigenvalue weighted by Gasteiger charge is -2.19. The number of nitrogens with one attached hydrogen (secondary N) is 2. The van der Waals surface area contributed by atoms with Crippen LogP contribution in [0.4, 0.5) is 5.69 Å². The number of imidazole rings is 1. The van der Waals surface area contributed by atoms with Crippen molar-refractivity contribution in [1.29, 1.82) is 0 Å². The zero-order valence-electron chi connectivity index (χ0n) is 19.7. The van der Waals surface area contributed by atoms with Gasteiger partial charge in [0.1, 0.15) is 18.4 Å². The summed E-state index contributed by atoms with van der Waals surface area (Å²) in [5, 5.41) is 2.58. The second-order valence-corrected chi connectivity index (χ2v) is 9.72. The minimum absolute atomic E-state index is 0.201. The molecule has 1 amide bonds. The fourth-order valence-electron chi connectivity index (χ4n) is 3.58. The Morgan fingerprint density at radius 2 is 1.75 bits per heavy atom. The molecule has 1 heterocycles. The van der Waals surface area contributed by atoms with Crippen LogP contribution in [0.2, 0.25) is 0 Å². The molecule has 9 nitrogen and oxygen atoms in total. The highest BCUT2D eigenvalue weighted by molar-refractivity contribution is 7.89. The van der Waals surface area contributed by atoms with Crippen LogP contribution >= 0.6 is 0 Å². The van der Waals surface area contributed by atoms with Crippen LogP contribution in [0.1, 0.15) is 22.7 Å². The molecule has 0 saturated carbocycles. The third-order valence-electron chi connectivity index (χ3n) is 5.44. The minimum Gasteiger partial charge on any atom is -0.489 e. The Morgan fingerprint density at radius 3 is 2.42 bits per heavy atom. The standard InChI is InChI=1S/C26H27N5O4S/c1-31-15-14-28-26(31)36(33,34)30-24(25(32)29-22-9-5-8-20(16-22)17-27)21-10-12-23(13-11-21)35-18-19-6-3-2-4-7-19/h2-16,24,30H,17-18,27H2,1H3,(H,29,32)/t24-/m1/s1. The van der Waals surface area contributed by atoms with Crippen molar-refractivity contribution in [3.63, 3.8) is 0 Å². The van der Waals surface area contributed by atoms with Crippen molar-refractivity contribution in [2.45, 2.75) is 24.3 Å². The molecular formula is C26H27N5O4S. The molecule has 0 bridgehead atoms. The van der Waals surface area contributed by atoms with E-state index in [1.54, 1.807) is 49.5 Å². The van der Waals surface area contributed by atoms with Gasteiger partial charge in [-0.1, -0.05) is 54.6 Å². The maximum atomic E-state index is 13.3. The van der Waals surface area contributed by atoms with Crippen molar-refractivity contribution in [1.82, 2.24) is 14.3 Å². The van der Waals surface area contributed by atoms with E-state index in [2.05, 4.69) is 15.0 Å². The van der Waals surface area contributed by atoms with Gasteiger partial charge in [-0.15, -0.1) is 0 Å². The number of hydrogen-bond acceptors (Lipinski definition) is 6. The Bertz CT molecular complexity index is 1420. The number of aryl methyl sites for hydroxylation is 1. The molecule has 0 saturated heterocycles. The molecule has 4 N–H and O–H groups in total. The van der Waals surface area contributed by atoms with E-state index in [9.17, 15) is 13.2 Å². The molecule has 0 fully saturated rings. The van der Waals surface area contributed by atoms with Gasteiger partial charge in [-0.3, -0.25) is 4.79 Å². The quantitative estimate of drug-likeness (QED) is 0.304. The van der Waals surface area contributed by atoms with E-state index < -0.39 is 22.0 Å². The first-order valence-electron chi connectivity index (χ1n) is 11.2. The van der Waals surface area contributed by atoms with Gasteiger partial charge >= 0.3 is 0 Å². The van der Waals surface area contributed by atoms with Crippen LogP contribution in [0.5, 0.6) is 5.75 Å². The molecule has 0 radical (unpaired) electrons. The van der Waals surface area contributed by atoms with Gasteiger partial charge in [0.05, 0.1) is 0 Å². The molecule has 0 aliphatic carbocycles. The summed E-state index contributed by atoms with van der Waals surface area (Å²) in [5.74, 6) is 0.0317. The third kappa shape index (κ3) is 6.16. The second-order valence-electron chi connectivity index (χ2n) is 8.11. The smallest absolute Gasteiger partial charge is 0.275 e. The number of carbonyl (C=O) groups excluding carboxylic acids is 1. The molecule has 1 atom stereocenters. The Kier molecular flexibility index (Phi) is 7.79. The number of benzene rings is 3. The fourth-order valence-corrected chi connectivity index (χ4v) is 4.88. The minimum atomic E-state index is -4.11. The van der Waals surface area contributed by atoms with Crippen LogP contribution in [0, 0.1) is 0 Å². The van der Waals surface area contributed by atoms with Gasteiger partial charge in [-0.2, -0.15) is 4.72 Å². The van der Waals surface area contributed by atoms with Crippen LogP contribution in [-0.4, -0.2) is 23.9 Å². The van der Waals surface area contributed by atoms with Gasteiger partial charge in [-0.25, -0.2) is 13.4 Å². The molecule has 10 heteroatoms. The number of amides is 1. The van der Waals surface area contributed by atoms with E-state index in [4.69, 9.17) is 10.5 Å². The molecule has 0 aliphatic heterocycles. The van der Waals surface area contributed by atoms with Crippen molar-refractivity contribution in [2.24, 2.45) is 12.8 Å². The molecule has 36 heavy (non-hydrogen) atoms. The number of ether oxygens (including phenoxy) is 1. The summed E-state index contributed by atoms with van der Waals surface area (Å²) in [6.45, 7) is 0.691. The highest BCUT2D eigenvalue weighted by atomic mass is 32.2. The number of nitrogens with zero attached hydrogens (tertiary/aromatic N) is 2. The summed E-state index contributed by atoms with van der Waals surface area (Å²) in [5.41, 5.74) is 8.49. The topological polar surface area (TPSA) is 128 Å². The van der Waals surface area contributed by atoms with E-state index in [1.807, 2.05) is 36.4 Å². The largest absolute Gasteiger partial charge is 0.489 e. The van der Waals surface area contributed by atoms with E-state index in [1.165, 1.54) is 17.0 Å². The van der Waals surface area contributed by atoms with Gasteiger partial charge in [0.25, 0.3) is 10.0 Å². The Balaban J connectivity index is 1.58. The van der Waals surface area contributed by atoms with Crippen LogP contribution in [0.25, 0.3) is 0 Å². The Labute approximate surface area is 210 Å². The van der Waals surface area contributed by atoms with Gasteiger partial charge < -0.3 is 20.4 Å². The maximum absolute atomic E-state index is 13.3. The van der Waals surface area contributed by atoms with Gasteiger partial charge in [0.2, 0.25) is 11.1 Å². The molecular weight excluding hydrogens is 478 g/mol. The molecule has 0 aliphatic rings. The van der Waals surface area contributed by atoms with E-state index in [0.29, 0.717) is 30.2 Å². The van der Waals surface area contributed by atoms with Crippen LogP contribution in [-0.2, 0) is 35.0 Å². The van der Waals surface area contributed by atoms with E-state index in [0.717, 1.165) is 11.1 Å². The molecule has 186 valence electrons. The Hall–Kier alpha value is -3.99. The lowest BCUT2D eigenvalue weighted by molar-refractivity contribution is -0.117. The summed E-state index contributed by atoms with van der Waals surface area (Å²) in [6.07, 6.45) is 2.89. The third-order valence-corrected chi connectivity index (χ3v) is 6.86. The summed E-state index contributed by atoms with van der Waals surface area (Å²) in [7, 11) is -2.55. The zero-order valence-corrected chi connectivity index (χ0v) is 20.5. The van der Waals surface area contributed by atoms with Crippen molar-refractivity contribution in [3.05, 3.63) is 108 Å². The summed E-state index contributed by atoms with van der Waals surface area (Å²) >= 11 is 0. The predicted molar refractivity (Wildman–Crippen MR) is 136 cm³/mol. The highest BCUT2D eigenvalue weighted by Crippen LogP contribution is 2.23. The lowest BCUT2D eigenvalue weighted by atomic mass is 10.1. The fraction of sp³-hybridized carbons (Fsp3) is 0.154. The molecule has 3 aromatic carbocycles. The molecule has 4 rings (SSSR count). The molecule has 1 aromatic heterocycles. The highest BCUT2D eigenvalue weighted by Gasteiger charge is 2.29. The number of sulfonamides is 1. The first-order valence-corrected chi connectivity index (χ1v) is 12.7. The number of carbonyl (C=O) groups is 1. The molecule has 0 spiro atoms.